The standard InChI is InChI=1S/C18H18N2O3/c1-18(2,3)22-17(21)19-14-11-7-10-13-15(20-23-16(13)14)12-8-5-4-6-9-12/h4-11H,1-3H3,(H,19,21). The van der Waals surface area contributed by atoms with Crippen molar-refractivity contribution in [3.63, 3.8) is 0 Å². The molecule has 0 aliphatic rings. The molecule has 1 amide bonds. The SMILES string of the molecule is CC(C)(C)OC(=O)Nc1cccc2c(-c3ccccc3)noc12. The van der Waals surface area contributed by atoms with Crippen LogP contribution in [0.4, 0.5) is 10.5 Å². The maximum absolute atomic E-state index is 12.0. The van der Waals surface area contributed by atoms with Crippen molar-refractivity contribution in [1.82, 2.24) is 5.16 Å². The van der Waals surface area contributed by atoms with E-state index in [-0.39, 0.29) is 0 Å². The molecule has 3 rings (SSSR count). The van der Waals surface area contributed by atoms with Crippen molar-refractivity contribution >= 4 is 22.7 Å². The molecule has 0 radical (unpaired) electrons. The van der Waals surface area contributed by atoms with E-state index >= 15 is 0 Å². The first kappa shape index (κ1) is 15.1. The van der Waals surface area contributed by atoms with Gasteiger partial charge in [-0.3, -0.25) is 5.32 Å². The number of nitrogens with one attached hydrogen (secondary N) is 1. The molecule has 0 atom stereocenters. The van der Waals surface area contributed by atoms with Gasteiger partial charge in [0.2, 0.25) is 0 Å². The van der Waals surface area contributed by atoms with Gasteiger partial charge < -0.3 is 9.26 Å². The van der Waals surface area contributed by atoms with Crippen LogP contribution in [-0.4, -0.2) is 16.9 Å². The lowest BCUT2D eigenvalue weighted by atomic mass is 10.1. The van der Waals surface area contributed by atoms with E-state index in [4.69, 9.17) is 9.26 Å². The maximum Gasteiger partial charge on any atom is 0.412 e. The lowest BCUT2D eigenvalue weighted by molar-refractivity contribution is 0.0636. The lowest BCUT2D eigenvalue weighted by Crippen LogP contribution is -2.27. The number of hydrogen-bond donors (Lipinski definition) is 1. The topological polar surface area (TPSA) is 64.4 Å². The number of fused-ring (bicyclic) bond motifs is 1. The zero-order valence-corrected chi connectivity index (χ0v) is 13.3. The number of nitrogens with zero attached hydrogens (tertiary/aromatic N) is 1. The van der Waals surface area contributed by atoms with Crippen LogP contribution in [0.15, 0.2) is 53.1 Å². The summed E-state index contributed by atoms with van der Waals surface area (Å²) in [5.41, 5.74) is 2.20. The number of benzene rings is 2. The Balaban J connectivity index is 1.95. The molecule has 0 aliphatic heterocycles. The second-order valence-corrected chi connectivity index (χ2v) is 6.21. The Morgan fingerprint density at radius 1 is 1.09 bits per heavy atom. The highest BCUT2D eigenvalue weighted by Crippen LogP contribution is 2.32. The van der Waals surface area contributed by atoms with Crippen LogP contribution in [0, 0.1) is 0 Å². The number of ether oxygens (including phenoxy) is 1. The van der Waals surface area contributed by atoms with Crippen molar-refractivity contribution < 1.29 is 14.1 Å². The molecule has 5 nitrogen and oxygen atoms in total. The second-order valence-electron chi connectivity index (χ2n) is 6.21. The summed E-state index contributed by atoms with van der Waals surface area (Å²) in [5, 5.41) is 7.69. The van der Waals surface area contributed by atoms with Gasteiger partial charge in [-0.15, -0.1) is 0 Å². The Kier molecular flexibility index (Phi) is 3.78. The smallest absolute Gasteiger partial charge is 0.412 e. The summed E-state index contributed by atoms with van der Waals surface area (Å²) in [6, 6.07) is 15.3. The maximum atomic E-state index is 12.0. The normalized spacial score (nSPS) is 11.4. The molecule has 118 valence electrons. The van der Waals surface area contributed by atoms with E-state index in [1.807, 2.05) is 63.2 Å². The monoisotopic (exact) mass is 310 g/mol. The van der Waals surface area contributed by atoms with Crippen molar-refractivity contribution in [3.8, 4) is 11.3 Å². The molecule has 3 aromatic rings. The minimum absolute atomic E-state index is 0.525. The number of aromatic nitrogens is 1. The van der Waals surface area contributed by atoms with Crippen LogP contribution >= 0.6 is 0 Å². The van der Waals surface area contributed by atoms with Crippen LogP contribution in [0.5, 0.6) is 0 Å². The zero-order chi connectivity index (χ0) is 16.4. The highest BCUT2D eigenvalue weighted by molar-refractivity contribution is 6.02. The summed E-state index contributed by atoms with van der Waals surface area (Å²) in [7, 11) is 0. The molecule has 0 aliphatic carbocycles. The highest BCUT2D eigenvalue weighted by atomic mass is 16.6. The lowest BCUT2D eigenvalue weighted by Gasteiger charge is -2.19. The van der Waals surface area contributed by atoms with Crippen molar-refractivity contribution in [2.75, 3.05) is 5.32 Å². The number of carbonyl (C=O) groups excluding carboxylic acids is 1. The number of hydrogen-bond acceptors (Lipinski definition) is 4. The van der Waals surface area contributed by atoms with Crippen LogP contribution in [0.25, 0.3) is 22.2 Å². The molecular weight excluding hydrogens is 292 g/mol. The number of carbonyl (C=O) groups is 1. The number of para-hydroxylation sites is 1. The van der Waals surface area contributed by atoms with Crippen molar-refractivity contribution in [1.29, 1.82) is 0 Å². The Morgan fingerprint density at radius 3 is 2.52 bits per heavy atom. The number of amides is 1. The van der Waals surface area contributed by atoms with Crippen LogP contribution in [0.3, 0.4) is 0 Å². The van der Waals surface area contributed by atoms with Gasteiger partial charge in [0, 0.05) is 5.56 Å². The van der Waals surface area contributed by atoms with Gasteiger partial charge in [0.1, 0.15) is 11.3 Å². The predicted octanol–water partition coefficient (Wildman–Crippen LogP) is 4.84. The third-order valence-electron chi connectivity index (χ3n) is 3.18. The molecule has 0 spiro atoms. The molecular formula is C18H18N2O3. The van der Waals surface area contributed by atoms with E-state index in [9.17, 15) is 4.79 Å². The highest BCUT2D eigenvalue weighted by Gasteiger charge is 2.19. The van der Waals surface area contributed by atoms with Crippen LogP contribution < -0.4 is 5.32 Å². The Hall–Kier alpha value is -2.82. The third kappa shape index (κ3) is 3.34. The van der Waals surface area contributed by atoms with Gasteiger partial charge in [-0.05, 0) is 32.9 Å². The van der Waals surface area contributed by atoms with Gasteiger partial charge in [0.05, 0.1) is 11.1 Å². The van der Waals surface area contributed by atoms with E-state index < -0.39 is 11.7 Å². The van der Waals surface area contributed by atoms with Gasteiger partial charge in [-0.25, -0.2) is 4.79 Å². The van der Waals surface area contributed by atoms with E-state index in [1.54, 1.807) is 6.07 Å². The van der Waals surface area contributed by atoms with Crippen molar-refractivity contribution in [2.45, 2.75) is 26.4 Å². The largest absolute Gasteiger partial charge is 0.444 e. The summed E-state index contributed by atoms with van der Waals surface area (Å²) in [6.45, 7) is 5.44. The van der Waals surface area contributed by atoms with Gasteiger partial charge in [-0.1, -0.05) is 41.6 Å². The molecule has 1 heterocycles. The average molecular weight is 310 g/mol. The van der Waals surface area contributed by atoms with Gasteiger partial charge in [0.25, 0.3) is 0 Å². The number of anilines is 1. The minimum atomic E-state index is -0.561. The predicted molar refractivity (Wildman–Crippen MR) is 89.3 cm³/mol. The van der Waals surface area contributed by atoms with Crippen LogP contribution in [0.2, 0.25) is 0 Å². The van der Waals surface area contributed by atoms with E-state index in [2.05, 4.69) is 10.5 Å². The third-order valence-corrected chi connectivity index (χ3v) is 3.18. The Bertz CT molecular complexity index is 832. The van der Waals surface area contributed by atoms with E-state index in [0.29, 0.717) is 11.3 Å². The fourth-order valence-corrected chi connectivity index (χ4v) is 2.28. The van der Waals surface area contributed by atoms with Gasteiger partial charge in [-0.2, -0.15) is 0 Å². The molecule has 0 fully saturated rings. The average Bonchev–Trinajstić information content (AvgIpc) is 2.91. The van der Waals surface area contributed by atoms with Crippen LogP contribution in [-0.2, 0) is 4.74 Å². The first-order valence-electron chi connectivity index (χ1n) is 7.38. The summed E-state index contributed by atoms with van der Waals surface area (Å²) < 4.78 is 10.7. The minimum Gasteiger partial charge on any atom is -0.444 e. The Labute approximate surface area is 134 Å². The number of rotatable bonds is 2. The van der Waals surface area contributed by atoms with Crippen molar-refractivity contribution in [2.24, 2.45) is 0 Å². The van der Waals surface area contributed by atoms with Crippen LogP contribution in [0.1, 0.15) is 20.8 Å². The van der Waals surface area contributed by atoms with E-state index in [1.165, 1.54) is 0 Å². The summed E-state index contributed by atoms with van der Waals surface area (Å²) in [5.74, 6) is 0. The molecule has 5 heteroatoms. The van der Waals surface area contributed by atoms with E-state index in [0.717, 1.165) is 16.6 Å². The molecule has 1 aromatic heterocycles. The summed E-state index contributed by atoms with van der Waals surface area (Å²) in [4.78, 5) is 12.0. The molecule has 1 N–H and O–H groups in total. The first-order valence-corrected chi connectivity index (χ1v) is 7.38. The Morgan fingerprint density at radius 2 is 1.83 bits per heavy atom. The molecule has 0 saturated heterocycles. The van der Waals surface area contributed by atoms with Gasteiger partial charge in [0.15, 0.2) is 5.58 Å². The fourth-order valence-electron chi connectivity index (χ4n) is 2.28. The molecule has 23 heavy (non-hydrogen) atoms. The van der Waals surface area contributed by atoms with Crippen molar-refractivity contribution in [3.05, 3.63) is 48.5 Å². The quantitative estimate of drug-likeness (QED) is 0.735. The first-order chi connectivity index (χ1) is 10.9. The molecule has 2 aromatic carbocycles. The molecule has 0 saturated carbocycles. The van der Waals surface area contributed by atoms with Gasteiger partial charge >= 0.3 is 6.09 Å². The molecule has 0 bridgehead atoms. The summed E-state index contributed by atoms with van der Waals surface area (Å²) >= 11 is 0. The second kappa shape index (κ2) is 5.76. The summed E-state index contributed by atoms with van der Waals surface area (Å²) in [6.07, 6.45) is -0.525. The zero-order valence-electron chi connectivity index (χ0n) is 13.3. The fraction of sp³-hybridized carbons (Fsp3) is 0.222. The molecule has 0 unspecified atom stereocenters.